The minimum atomic E-state index is 0.554. The zero-order chi connectivity index (χ0) is 11.8. The molecule has 0 radical (unpaired) electrons. The van der Waals surface area contributed by atoms with Crippen LogP contribution in [-0.2, 0) is 0 Å². The van der Waals surface area contributed by atoms with Gasteiger partial charge in [0.25, 0.3) is 0 Å². The van der Waals surface area contributed by atoms with Crippen molar-refractivity contribution >= 4 is 5.82 Å². The lowest BCUT2D eigenvalue weighted by Crippen LogP contribution is -2.20. The predicted molar refractivity (Wildman–Crippen MR) is 67.7 cm³/mol. The molecule has 0 saturated heterocycles. The fourth-order valence-electron chi connectivity index (χ4n) is 3.13. The standard InChI is InChI=1S/C13H22N4/c1-2-9-3-7-11(8-4-9)17-12(10-5-6-10)13(14)15-16-17/h9-11H,2-8,14H2,1H3. The van der Waals surface area contributed by atoms with Gasteiger partial charge in [-0.05, 0) is 44.4 Å². The molecular formula is C13H22N4. The van der Waals surface area contributed by atoms with E-state index in [1.54, 1.807) is 0 Å². The van der Waals surface area contributed by atoms with Crippen LogP contribution >= 0.6 is 0 Å². The summed E-state index contributed by atoms with van der Waals surface area (Å²) in [6.07, 6.45) is 9.03. The Hall–Kier alpha value is -1.06. The van der Waals surface area contributed by atoms with Crippen LogP contribution < -0.4 is 5.73 Å². The van der Waals surface area contributed by atoms with Gasteiger partial charge in [0.05, 0.1) is 11.7 Å². The summed E-state index contributed by atoms with van der Waals surface area (Å²) < 4.78 is 2.15. The molecule has 4 nitrogen and oxygen atoms in total. The van der Waals surface area contributed by atoms with Crippen molar-refractivity contribution in [3.63, 3.8) is 0 Å². The van der Waals surface area contributed by atoms with Crippen molar-refractivity contribution < 1.29 is 0 Å². The molecule has 2 saturated carbocycles. The van der Waals surface area contributed by atoms with Crippen LogP contribution in [0.15, 0.2) is 0 Å². The summed E-state index contributed by atoms with van der Waals surface area (Å²) in [6, 6.07) is 0.554. The maximum atomic E-state index is 5.95. The van der Waals surface area contributed by atoms with Crippen LogP contribution in [0.5, 0.6) is 0 Å². The third kappa shape index (κ3) is 2.05. The molecule has 1 heterocycles. The monoisotopic (exact) mass is 234 g/mol. The Morgan fingerprint density at radius 1 is 1.18 bits per heavy atom. The van der Waals surface area contributed by atoms with Gasteiger partial charge in [-0.3, -0.25) is 0 Å². The first-order valence-electron chi connectivity index (χ1n) is 7.00. The molecule has 0 amide bonds. The van der Waals surface area contributed by atoms with Crippen LogP contribution in [0, 0.1) is 5.92 Å². The first-order valence-corrected chi connectivity index (χ1v) is 7.00. The zero-order valence-electron chi connectivity index (χ0n) is 10.6. The maximum Gasteiger partial charge on any atom is 0.169 e. The quantitative estimate of drug-likeness (QED) is 0.875. The molecule has 0 aliphatic heterocycles. The number of rotatable bonds is 3. The molecule has 94 valence electrons. The molecule has 0 unspecified atom stereocenters. The van der Waals surface area contributed by atoms with Crippen molar-refractivity contribution in [3.05, 3.63) is 5.69 Å². The number of nitrogens with two attached hydrogens (primary N) is 1. The van der Waals surface area contributed by atoms with Gasteiger partial charge in [-0.15, -0.1) is 5.10 Å². The molecule has 2 fully saturated rings. The number of aromatic nitrogens is 3. The minimum Gasteiger partial charge on any atom is -0.381 e. The van der Waals surface area contributed by atoms with Crippen molar-refractivity contribution in [3.8, 4) is 0 Å². The van der Waals surface area contributed by atoms with E-state index >= 15 is 0 Å². The van der Waals surface area contributed by atoms with E-state index < -0.39 is 0 Å². The highest BCUT2D eigenvalue weighted by Crippen LogP contribution is 2.44. The number of hydrogen-bond acceptors (Lipinski definition) is 3. The molecule has 2 aliphatic carbocycles. The van der Waals surface area contributed by atoms with Gasteiger partial charge in [0.1, 0.15) is 0 Å². The van der Waals surface area contributed by atoms with Gasteiger partial charge >= 0.3 is 0 Å². The SMILES string of the molecule is CCC1CCC(n2nnc(N)c2C2CC2)CC1. The molecule has 17 heavy (non-hydrogen) atoms. The third-order valence-corrected chi connectivity index (χ3v) is 4.46. The number of nitrogen functional groups attached to an aromatic ring is 1. The van der Waals surface area contributed by atoms with Crippen LogP contribution in [0.2, 0.25) is 0 Å². The van der Waals surface area contributed by atoms with E-state index in [0.29, 0.717) is 17.8 Å². The molecule has 2 N–H and O–H groups in total. The highest BCUT2D eigenvalue weighted by molar-refractivity contribution is 5.38. The van der Waals surface area contributed by atoms with Crippen molar-refractivity contribution in [1.29, 1.82) is 0 Å². The van der Waals surface area contributed by atoms with Crippen molar-refractivity contribution in [2.75, 3.05) is 5.73 Å². The predicted octanol–water partition coefficient (Wildman–Crippen LogP) is 2.88. The maximum absolute atomic E-state index is 5.95. The summed E-state index contributed by atoms with van der Waals surface area (Å²) in [4.78, 5) is 0. The molecule has 1 aromatic heterocycles. The van der Waals surface area contributed by atoms with Gasteiger partial charge in [0, 0.05) is 5.92 Å². The van der Waals surface area contributed by atoms with Gasteiger partial charge in [-0.2, -0.15) is 0 Å². The van der Waals surface area contributed by atoms with Crippen LogP contribution in [-0.4, -0.2) is 15.0 Å². The van der Waals surface area contributed by atoms with E-state index in [0.717, 1.165) is 5.92 Å². The second kappa shape index (κ2) is 4.31. The summed E-state index contributed by atoms with van der Waals surface area (Å²) in [7, 11) is 0. The lowest BCUT2D eigenvalue weighted by Gasteiger charge is -2.28. The highest BCUT2D eigenvalue weighted by Gasteiger charge is 2.33. The number of nitrogens with zero attached hydrogens (tertiary/aromatic N) is 3. The molecule has 0 aromatic carbocycles. The van der Waals surface area contributed by atoms with Crippen molar-refractivity contribution in [2.24, 2.45) is 5.92 Å². The van der Waals surface area contributed by atoms with Crippen molar-refractivity contribution in [1.82, 2.24) is 15.0 Å². The third-order valence-electron chi connectivity index (χ3n) is 4.46. The van der Waals surface area contributed by atoms with E-state index in [1.165, 1.54) is 50.6 Å². The fraction of sp³-hybridized carbons (Fsp3) is 0.846. The first-order chi connectivity index (χ1) is 8.29. The Morgan fingerprint density at radius 3 is 2.47 bits per heavy atom. The van der Waals surface area contributed by atoms with E-state index in [4.69, 9.17) is 5.73 Å². The largest absolute Gasteiger partial charge is 0.381 e. The average molecular weight is 234 g/mol. The Balaban J connectivity index is 1.76. The van der Waals surface area contributed by atoms with E-state index in [1.807, 2.05) is 0 Å². The molecular weight excluding hydrogens is 212 g/mol. The molecule has 0 atom stereocenters. The molecule has 4 heteroatoms. The topological polar surface area (TPSA) is 56.7 Å². The minimum absolute atomic E-state index is 0.554. The second-order valence-electron chi connectivity index (χ2n) is 5.66. The molecule has 1 aromatic rings. The summed E-state index contributed by atoms with van der Waals surface area (Å²) in [6.45, 7) is 2.30. The molecule has 3 rings (SSSR count). The normalized spacial score (nSPS) is 29.5. The van der Waals surface area contributed by atoms with Crippen LogP contribution in [0.1, 0.15) is 69.5 Å². The Kier molecular flexibility index (Phi) is 2.81. The van der Waals surface area contributed by atoms with E-state index in [9.17, 15) is 0 Å². The van der Waals surface area contributed by atoms with Crippen molar-refractivity contribution in [2.45, 2.75) is 63.8 Å². The van der Waals surface area contributed by atoms with E-state index in [2.05, 4.69) is 21.9 Å². The number of anilines is 1. The van der Waals surface area contributed by atoms with Gasteiger partial charge in [0.2, 0.25) is 0 Å². The van der Waals surface area contributed by atoms with Gasteiger partial charge < -0.3 is 5.73 Å². The van der Waals surface area contributed by atoms with Crippen LogP contribution in [0.25, 0.3) is 0 Å². The van der Waals surface area contributed by atoms with Crippen LogP contribution in [0.3, 0.4) is 0 Å². The summed E-state index contributed by atoms with van der Waals surface area (Å²) in [5.41, 5.74) is 7.17. The Bertz CT molecular complexity index is 386. The molecule has 0 bridgehead atoms. The molecule has 0 spiro atoms. The first kappa shape index (κ1) is 11.1. The van der Waals surface area contributed by atoms with E-state index in [-0.39, 0.29) is 0 Å². The average Bonchev–Trinajstić information content (AvgIpc) is 3.13. The smallest absolute Gasteiger partial charge is 0.169 e. The molecule has 2 aliphatic rings. The summed E-state index contributed by atoms with van der Waals surface area (Å²) >= 11 is 0. The Morgan fingerprint density at radius 2 is 1.88 bits per heavy atom. The lowest BCUT2D eigenvalue weighted by atomic mass is 9.84. The lowest BCUT2D eigenvalue weighted by molar-refractivity contribution is 0.250. The summed E-state index contributed by atoms with van der Waals surface area (Å²) in [5.74, 6) is 2.25. The van der Waals surface area contributed by atoms with Gasteiger partial charge in [0.15, 0.2) is 5.82 Å². The Labute approximate surface area is 103 Å². The highest BCUT2D eigenvalue weighted by atomic mass is 15.5. The summed E-state index contributed by atoms with van der Waals surface area (Å²) in [5, 5.41) is 8.38. The van der Waals surface area contributed by atoms with Crippen LogP contribution in [0.4, 0.5) is 5.82 Å². The zero-order valence-corrected chi connectivity index (χ0v) is 10.6. The van der Waals surface area contributed by atoms with Gasteiger partial charge in [-0.25, -0.2) is 4.68 Å². The fourth-order valence-corrected chi connectivity index (χ4v) is 3.13. The van der Waals surface area contributed by atoms with Gasteiger partial charge in [-0.1, -0.05) is 18.6 Å². The number of hydrogen-bond donors (Lipinski definition) is 1. The second-order valence-corrected chi connectivity index (χ2v) is 5.66.